The minimum Gasteiger partial charge on any atom is -0.309 e. The van der Waals surface area contributed by atoms with Crippen molar-refractivity contribution in [3.05, 3.63) is 51.5 Å². The number of fused-ring (bicyclic) bond motifs is 1. The quantitative estimate of drug-likeness (QED) is 0.577. The first-order chi connectivity index (χ1) is 17.2. The van der Waals surface area contributed by atoms with Crippen molar-refractivity contribution in [1.29, 1.82) is 5.26 Å². The maximum Gasteiger partial charge on any atom is 0.433 e. The second-order valence-electron chi connectivity index (χ2n) is 9.84. The molecule has 0 bridgehead atoms. The Morgan fingerprint density at radius 2 is 2.03 bits per heavy atom. The van der Waals surface area contributed by atoms with Gasteiger partial charge in [0.2, 0.25) is 0 Å². The van der Waals surface area contributed by atoms with Crippen LogP contribution in [0.4, 0.5) is 13.2 Å². The Balaban J connectivity index is 1.34. The Hall–Kier alpha value is -3.75. The zero-order valence-electron chi connectivity index (χ0n) is 19.4. The van der Waals surface area contributed by atoms with Gasteiger partial charge in [0.1, 0.15) is 23.0 Å². The van der Waals surface area contributed by atoms with Gasteiger partial charge in [-0.3, -0.25) is 14.8 Å². The largest absolute Gasteiger partial charge is 0.433 e. The average Bonchev–Trinajstić information content (AvgIpc) is 3.45. The molecule has 4 atom stereocenters. The summed E-state index contributed by atoms with van der Waals surface area (Å²) in [6, 6.07) is 3.68. The van der Waals surface area contributed by atoms with Crippen molar-refractivity contribution < 1.29 is 13.2 Å². The van der Waals surface area contributed by atoms with Crippen LogP contribution in [-0.4, -0.2) is 48.5 Å². The van der Waals surface area contributed by atoms with Crippen LogP contribution in [0.1, 0.15) is 67.3 Å². The molecule has 36 heavy (non-hydrogen) atoms. The molecule has 3 unspecified atom stereocenters. The number of hydrogen-bond acceptors (Lipinski definition) is 7. The fraction of sp³-hybridized carbons (Fsp3) is 0.500. The first-order valence-corrected chi connectivity index (χ1v) is 12.0. The number of aromatic nitrogens is 5. The van der Waals surface area contributed by atoms with E-state index in [1.807, 2.05) is 12.3 Å². The Morgan fingerprint density at radius 3 is 2.64 bits per heavy atom. The van der Waals surface area contributed by atoms with Crippen LogP contribution in [0.5, 0.6) is 0 Å². The molecule has 0 amide bonds. The predicted molar refractivity (Wildman–Crippen MR) is 123 cm³/mol. The van der Waals surface area contributed by atoms with Gasteiger partial charge >= 0.3 is 6.18 Å². The van der Waals surface area contributed by atoms with Crippen LogP contribution in [0.25, 0.3) is 11.0 Å². The van der Waals surface area contributed by atoms with E-state index in [-0.39, 0.29) is 28.7 Å². The van der Waals surface area contributed by atoms with Gasteiger partial charge in [0, 0.05) is 30.8 Å². The lowest BCUT2D eigenvalue weighted by molar-refractivity contribution is -0.141. The standard InChI is InChI=1S/C24H23F3N8O/c1-12(14-4-7-19(29-9-14)24(25,26)27)35-22-20(17(8-28)33-35)23(36)32-21(31-22)16-5-6-18(16)34-11-15(10-30-34)13-2-3-13/h4,7,9-10,12-13,15-16,18H,2-3,5-6,11H2,1H3,(H,31,32,36)/t12-,15?,16?,18?/m0/s1. The van der Waals surface area contributed by atoms with Gasteiger partial charge in [0.25, 0.3) is 5.56 Å². The van der Waals surface area contributed by atoms with Crippen molar-refractivity contribution >= 4 is 17.2 Å². The van der Waals surface area contributed by atoms with Crippen molar-refractivity contribution in [3.63, 3.8) is 0 Å². The summed E-state index contributed by atoms with van der Waals surface area (Å²) in [6.45, 7) is 2.59. The summed E-state index contributed by atoms with van der Waals surface area (Å²) >= 11 is 0. The molecular weight excluding hydrogens is 473 g/mol. The number of nitrogens with zero attached hydrogens (tertiary/aromatic N) is 7. The topological polar surface area (TPSA) is 116 Å². The van der Waals surface area contributed by atoms with E-state index in [0.29, 0.717) is 17.3 Å². The predicted octanol–water partition coefficient (Wildman–Crippen LogP) is 3.59. The van der Waals surface area contributed by atoms with E-state index < -0.39 is 23.5 Å². The fourth-order valence-corrected chi connectivity index (χ4v) is 5.20. The molecule has 2 aliphatic carbocycles. The molecule has 3 aromatic rings. The number of H-pyrrole nitrogens is 1. The zero-order chi connectivity index (χ0) is 25.2. The number of hydrazone groups is 1. The Kier molecular flexibility index (Phi) is 5.14. The number of aromatic amines is 1. The van der Waals surface area contributed by atoms with Crippen LogP contribution in [0.2, 0.25) is 0 Å². The molecule has 12 heteroatoms. The van der Waals surface area contributed by atoms with E-state index in [1.165, 1.54) is 23.6 Å². The average molecular weight is 496 g/mol. The molecule has 4 heterocycles. The van der Waals surface area contributed by atoms with E-state index in [4.69, 9.17) is 4.98 Å². The Morgan fingerprint density at radius 1 is 1.22 bits per heavy atom. The van der Waals surface area contributed by atoms with Crippen molar-refractivity contribution in [1.82, 2.24) is 29.7 Å². The number of nitrogens with one attached hydrogen (secondary N) is 1. The van der Waals surface area contributed by atoms with Crippen LogP contribution in [-0.2, 0) is 6.18 Å². The lowest BCUT2D eigenvalue weighted by atomic mass is 9.78. The van der Waals surface area contributed by atoms with E-state index in [1.54, 1.807) is 6.92 Å². The van der Waals surface area contributed by atoms with Crippen LogP contribution in [0, 0.1) is 23.2 Å². The molecule has 9 nitrogen and oxygen atoms in total. The summed E-state index contributed by atoms with van der Waals surface area (Å²) < 4.78 is 40.2. The second-order valence-corrected chi connectivity index (χ2v) is 9.84. The number of nitriles is 1. The van der Waals surface area contributed by atoms with Crippen LogP contribution in [0.3, 0.4) is 0 Å². The molecule has 186 valence electrons. The number of halogens is 3. The molecule has 6 rings (SSSR count). The van der Waals surface area contributed by atoms with Crippen LogP contribution < -0.4 is 5.56 Å². The Labute approximate surface area is 203 Å². The summed E-state index contributed by atoms with van der Waals surface area (Å²) in [5.74, 6) is 1.70. The van der Waals surface area contributed by atoms with E-state index >= 15 is 0 Å². The third kappa shape index (κ3) is 3.73. The van der Waals surface area contributed by atoms with E-state index in [2.05, 4.69) is 25.2 Å². The van der Waals surface area contributed by atoms with Gasteiger partial charge in [-0.25, -0.2) is 9.67 Å². The molecule has 1 N–H and O–H groups in total. The van der Waals surface area contributed by atoms with E-state index in [0.717, 1.165) is 37.6 Å². The molecule has 1 aliphatic heterocycles. The van der Waals surface area contributed by atoms with E-state index in [9.17, 15) is 23.2 Å². The maximum atomic E-state index is 13.0. The first-order valence-electron chi connectivity index (χ1n) is 12.0. The SMILES string of the molecule is C[C@@H](c1ccc(C(F)(F)F)nc1)n1nc(C#N)c2c(=O)[nH]c(C3CCC3N3CC(C4CC4)C=N3)nc21. The summed E-state index contributed by atoms with van der Waals surface area (Å²) in [7, 11) is 0. The fourth-order valence-electron chi connectivity index (χ4n) is 5.20. The highest BCUT2D eigenvalue weighted by Crippen LogP contribution is 2.43. The monoisotopic (exact) mass is 496 g/mol. The second kappa shape index (κ2) is 8.15. The van der Waals surface area contributed by atoms with Gasteiger partial charge in [-0.15, -0.1) is 0 Å². The third-order valence-corrected chi connectivity index (χ3v) is 7.62. The molecule has 0 aromatic carbocycles. The van der Waals surface area contributed by atoms with Gasteiger partial charge in [-0.05, 0) is 50.2 Å². The zero-order valence-corrected chi connectivity index (χ0v) is 19.4. The minimum atomic E-state index is -4.55. The molecule has 3 aromatic heterocycles. The maximum absolute atomic E-state index is 13.0. The highest BCUT2D eigenvalue weighted by molar-refractivity contribution is 5.80. The highest BCUT2D eigenvalue weighted by Gasteiger charge is 2.43. The van der Waals surface area contributed by atoms with Gasteiger partial charge in [-0.2, -0.15) is 28.6 Å². The summed E-state index contributed by atoms with van der Waals surface area (Å²) in [6.07, 6.45) is 2.92. The highest BCUT2D eigenvalue weighted by atomic mass is 19.4. The molecule has 3 aliphatic rings. The lowest BCUT2D eigenvalue weighted by Crippen LogP contribution is -2.44. The molecule has 0 spiro atoms. The molecule has 0 radical (unpaired) electrons. The van der Waals surface area contributed by atoms with Gasteiger partial charge in [0.15, 0.2) is 11.3 Å². The lowest BCUT2D eigenvalue weighted by Gasteiger charge is -2.41. The number of alkyl halides is 3. The molecular formula is C24H23F3N8O. The van der Waals surface area contributed by atoms with Crippen LogP contribution >= 0.6 is 0 Å². The minimum absolute atomic E-state index is 0.0193. The smallest absolute Gasteiger partial charge is 0.309 e. The summed E-state index contributed by atoms with van der Waals surface area (Å²) in [5, 5.41) is 20.7. The molecule has 2 fully saturated rings. The third-order valence-electron chi connectivity index (χ3n) is 7.62. The summed E-state index contributed by atoms with van der Waals surface area (Å²) in [5.41, 5.74) is -0.868. The van der Waals surface area contributed by atoms with Crippen molar-refractivity contribution in [3.8, 4) is 6.07 Å². The van der Waals surface area contributed by atoms with Crippen LogP contribution in [0.15, 0.2) is 28.2 Å². The van der Waals surface area contributed by atoms with Gasteiger partial charge < -0.3 is 4.98 Å². The van der Waals surface area contributed by atoms with Crippen molar-refractivity contribution in [2.24, 2.45) is 16.9 Å². The van der Waals surface area contributed by atoms with Gasteiger partial charge in [0.05, 0.1) is 12.1 Å². The normalized spacial score (nSPS) is 24.6. The Bertz CT molecular complexity index is 1450. The van der Waals surface area contributed by atoms with Gasteiger partial charge in [-0.1, -0.05) is 6.07 Å². The number of rotatable bonds is 5. The molecule has 2 saturated carbocycles. The van der Waals surface area contributed by atoms with Crippen molar-refractivity contribution in [2.75, 3.05) is 6.54 Å². The summed E-state index contributed by atoms with van der Waals surface area (Å²) in [4.78, 5) is 24.2. The number of pyridine rings is 1. The van der Waals surface area contributed by atoms with Crippen molar-refractivity contribution in [2.45, 2.75) is 56.8 Å². The first kappa shape index (κ1) is 22.7. The number of hydrogen-bond donors (Lipinski definition) is 1. The molecule has 0 saturated heterocycles.